The standard InChI is InChI=1S/C26H29N3O2/c1-15-12-17(5-11-24(15)30)18-4-10-23-21(13-18)25(29-20-8-6-19(27)7-9-20)22(14-28-23)26(31)16-2-3-16/h4-5,10-14,16,19-20,30H,2-3,6-9,27H2,1H3,(H,28,29). The molecule has 0 aliphatic heterocycles. The highest BCUT2D eigenvalue weighted by Gasteiger charge is 2.33. The highest BCUT2D eigenvalue weighted by atomic mass is 16.3. The van der Waals surface area contributed by atoms with E-state index in [2.05, 4.69) is 16.4 Å². The van der Waals surface area contributed by atoms with Crippen LogP contribution in [-0.4, -0.2) is 28.0 Å². The molecule has 1 aromatic heterocycles. The number of phenolic OH excluding ortho intramolecular Hbond substituents is 1. The molecule has 2 aliphatic carbocycles. The third-order valence-corrected chi connectivity index (χ3v) is 6.73. The van der Waals surface area contributed by atoms with Crippen LogP contribution in [0.4, 0.5) is 5.69 Å². The van der Waals surface area contributed by atoms with Crippen LogP contribution in [0, 0.1) is 12.8 Å². The van der Waals surface area contributed by atoms with Crippen molar-refractivity contribution < 1.29 is 9.90 Å². The Hall–Kier alpha value is -2.92. The zero-order valence-electron chi connectivity index (χ0n) is 17.9. The largest absolute Gasteiger partial charge is 0.508 e. The van der Waals surface area contributed by atoms with Gasteiger partial charge >= 0.3 is 0 Å². The Morgan fingerprint density at radius 2 is 1.74 bits per heavy atom. The van der Waals surface area contributed by atoms with Crippen LogP contribution >= 0.6 is 0 Å². The first-order valence-electron chi connectivity index (χ1n) is 11.3. The van der Waals surface area contributed by atoms with Crippen LogP contribution in [0.15, 0.2) is 42.6 Å². The monoisotopic (exact) mass is 415 g/mol. The number of aryl methyl sites for hydroxylation is 1. The van der Waals surface area contributed by atoms with E-state index in [1.807, 2.05) is 31.2 Å². The SMILES string of the molecule is Cc1cc(-c2ccc3ncc(C(=O)C4CC4)c(NC4CCC(N)CC4)c3c2)ccc1O. The number of anilines is 1. The fourth-order valence-electron chi connectivity index (χ4n) is 4.58. The van der Waals surface area contributed by atoms with Gasteiger partial charge in [0.1, 0.15) is 5.75 Å². The average Bonchev–Trinajstić information content (AvgIpc) is 3.62. The van der Waals surface area contributed by atoms with Crippen molar-refractivity contribution in [2.24, 2.45) is 11.7 Å². The number of hydrogen-bond donors (Lipinski definition) is 3. The number of nitrogens with zero attached hydrogens (tertiary/aromatic N) is 1. The summed E-state index contributed by atoms with van der Waals surface area (Å²) in [6.07, 6.45) is 7.74. The van der Waals surface area contributed by atoms with Crippen molar-refractivity contribution in [3.63, 3.8) is 0 Å². The minimum Gasteiger partial charge on any atom is -0.508 e. The van der Waals surface area contributed by atoms with E-state index in [0.29, 0.717) is 17.4 Å². The number of phenols is 1. The fourth-order valence-corrected chi connectivity index (χ4v) is 4.58. The average molecular weight is 416 g/mol. The van der Waals surface area contributed by atoms with Crippen molar-refractivity contribution in [2.45, 2.75) is 57.5 Å². The smallest absolute Gasteiger partial charge is 0.169 e. The molecule has 4 N–H and O–H groups in total. The van der Waals surface area contributed by atoms with E-state index in [-0.39, 0.29) is 17.7 Å². The lowest BCUT2D eigenvalue weighted by Crippen LogP contribution is -2.33. The van der Waals surface area contributed by atoms with Crippen molar-refractivity contribution in [1.82, 2.24) is 4.98 Å². The number of benzene rings is 2. The lowest BCUT2D eigenvalue weighted by molar-refractivity contribution is 0.0968. The molecule has 160 valence electrons. The predicted octanol–water partition coefficient (Wildman–Crippen LogP) is 5.19. The van der Waals surface area contributed by atoms with Gasteiger partial charge in [0, 0.05) is 29.6 Å². The number of ketones is 1. The van der Waals surface area contributed by atoms with Gasteiger partial charge in [-0.15, -0.1) is 0 Å². The van der Waals surface area contributed by atoms with Gasteiger partial charge in [0.25, 0.3) is 0 Å². The first-order valence-corrected chi connectivity index (χ1v) is 11.3. The van der Waals surface area contributed by atoms with Gasteiger partial charge in [0.15, 0.2) is 5.78 Å². The number of carbonyl (C=O) groups is 1. The van der Waals surface area contributed by atoms with Crippen LogP contribution in [0.25, 0.3) is 22.0 Å². The van der Waals surface area contributed by atoms with Crippen LogP contribution in [0.2, 0.25) is 0 Å². The third kappa shape index (κ3) is 4.02. The van der Waals surface area contributed by atoms with E-state index in [1.54, 1.807) is 12.3 Å². The second kappa shape index (κ2) is 7.97. The van der Waals surface area contributed by atoms with Gasteiger partial charge in [-0.3, -0.25) is 9.78 Å². The maximum atomic E-state index is 13.1. The molecule has 1 heterocycles. The molecule has 2 saturated carbocycles. The Kier molecular flexibility index (Phi) is 5.14. The highest BCUT2D eigenvalue weighted by molar-refractivity contribution is 6.10. The Balaban J connectivity index is 1.60. The molecular weight excluding hydrogens is 386 g/mol. The van der Waals surface area contributed by atoms with Crippen LogP contribution in [-0.2, 0) is 0 Å². The van der Waals surface area contributed by atoms with E-state index >= 15 is 0 Å². The number of aromatic nitrogens is 1. The molecule has 2 aliphatic rings. The zero-order valence-corrected chi connectivity index (χ0v) is 17.9. The number of hydrogen-bond acceptors (Lipinski definition) is 5. The Morgan fingerprint density at radius 1 is 1.03 bits per heavy atom. The number of pyridine rings is 1. The maximum absolute atomic E-state index is 13.1. The first-order chi connectivity index (χ1) is 15.0. The van der Waals surface area contributed by atoms with Crippen molar-refractivity contribution in [1.29, 1.82) is 0 Å². The van der Waals surface area contributed by atoms with Gasteiger partial charge in [0.05, 0.1) is 16.8 Å². The van der Waals surface area contributed by atoms with Crippen LogP contribution in [0.5, 0.6) is 5.75 Å². The Bertz CT molecular complexity index is 1140. The molecule has 0 unspecified atom stereocenters. The van der Waals surface area contributed by atoms with Crippen LogP contribution < -0.4 is 11.1 Å². The summed E-state index contributed by atoms with van der Waals surface area (Å²) in [5.74, 6) is 0.638. The Labute approximate surface area is 182 Å². The van der Waals surface area contributed by atoms with Gasteiger partial charge in [-0.25, -0.2) is 0 Å². The van der Waals surface area contributed by atoms with Crippen LogP contribution in [0.1, 0.15) is 54.4 Å². The number of carbonyl (C=O) groups excluding carboxylic acids is 1. The van der Waals surface area contributed by atoms with E-state index in [4.69, 9.17) is 5.73 Å². The second-order valence-electron chi connectivity index (χ2n) is 9.17. The summed E-state index contributed by atoms with van der Waals surface area (Å²) in [4.78, 5) is 17.7. The Morgan fingerprint density at radius 3 is 2.45 bits per heavy atom. The summed E-state index contributed by atoms with van der Waals surface area (Å²) in [6, 6.07) is 12.4. The summed E-state index contributed by atoms with van der Waals surface area (Å²) in [5.41, 5.74) is 11.5. The van der Waals surface area contributed by atoms with Crippen molar-refractivity contribution >= 4 is 22.4 Å². The normalized spacial score (nSPS) is 21.2. The molecule has 2 fully saturated rings. The minimum atomic E-state index is 0.141. The van der Waals surface area contributed by atoms with Gasteiger partial charge in [-0.1, -0.05) is 12.1 Å². The van der Waals surface area contributed by atoms with Gasteiger partial charge in [-0.2, -0.15) is 0 Å². The summed E-state index contributed by atoms with van der Waals surface area (Å²) < 4.78 is 0. The number of rotatable bonds is 5. The second-order valence-corrected chi connectivity index (χ2v) is 9.17. The molecule has 0 amide bonds. The van der Waals surface area contributed by atoms with Gasteiger partial charge < -0.3 is 16.2 Å². The molecule has 0 radical (unpaired) electrons. The lowest BCUT2D eigenvalue weighted by atomic mass is 9.91. The maximum Gasteiger partial charge on any atom is 0.169 e. The number of nitrogens with two attached hydrogens (primary N) is 1. The van der Waals surface area contributed by atoms with Crippen LogP contribution in [0.3, 0.4) is 0 Å². The molecule has 2 aromatic carbocycles. The molecule has 5 rings (SSSR count). The molecule has 5 heteroatoms. The summed E-state index contributed by atoms with van der Waals surface area (Å²) >= 11 is 0. The van der Waals surface area contributed by atoms with Crippen molar-refractivity contribution in [3.8, 4) is 16.9 Å². The summed E-state index contributed by atoms with van der Waals surface area (Å²) in [6.45, 7) is 1.90. The number of aromatic hydroxyl groups is 1. The predicted molar refractivity (Wildman–Crippen MR) is 124 cm³/mol. The number of nitrogens with one attached hydrogen (secondary N) is 1. The molecule has 3 aromatic rings. The number of fused-ring (bicyclic) bond motifs is 1. The molecule has 31 heavy (non-hydrogen) atoms. The quantitative estimate of drug-likeness (QED) is 0.499. The fraction of sp³-hybridized carbons (Fsp3) is 0.385. The van der Waals surface area contributed by atoms with E-state index in [9.17, 15) is 9.90 Å². The molecule has 5 nitrogen and oxygen atoms in total. The van der Waals surface area contributed by atoms with E-state index in [1.165, 1.54) is 0 Å². The van der Waals surface area contributed by atoms with E-state index < -0.39 is 0 Å². The lowest BCUT2D eigenvalue weighted by Gasteiger charge is -2.29. The van der Waals surface area contributed by atoms with Crippen molar-refractivity contribution in [2.75, 3.05) is 5.32 Å². The summed E-state index contributed by atoms with van der Waals surface area (Å²) in [5, 5.41) is 14.6. The first kappa shape index (κ1) is 20.0. The molecular formula is C26H29N3O2. The van der Waals surface area contributed by atoms with E-state index in [0.717, 1.165) is 71.8 Å². The molecule has 0 spiro atoms. The van der Waals surface area contributed by atoms with Crippen molar-refractivity contribution in [3.05, 3.63) is 53.7 Å². The third-order valence-electron chi connectivity index (χ3n) is 6.73. The van der Waals surface area contributed by atoms with Gasteiger partial charge in [-0.05, 0) is 86.4 Å². The number of Topliss-reactive ketones (excluding diaryl/α,β-unsaturated/α-hetero) is 1. The zero-order chi connectivity index (χ0) is 21.5. The topological polar surface area (TPSA) is 88.2 Å². The molecule has 0 atom stereocenters. The highest BCUT2D eigenvalue weighted by Crippen LogP contribution is 2.38. The van der Waals surface area contributed by atoms with Gasteiger partial charge in [0.2, 0.25) is 0 Å². The minimum absolute atomic E-state index is 0.141. The molecule has 0 bridgehead atoms. The summed E-state index contributed by atoms with van der Waals surface area (Å²) in [7, 11) is 0. The molecule has 0 saturated heterocycles.